The Labute approximate surface area is 89.8 Å². The number of aliphatic hydroxyl groups excluding tert-OH is 1. The van der Waals surface area contributed by atoms with Gasteiger partial charge in [-0.2, -0.15) is 0 Å². The maximum Gasteiger partial charge on any atom is 0.360 e. The Morgan fingerprint density at radius 1 is 1.73 bits per heavy atom. The molecule has 0 aliphatic heterocycles. The summed E-state index contributed by atoms with van der Waals surface area (Å²) in [4.78, 5) is 19.4. The van der Waals surface area contributed by atoms with Crippen LogP contribution >= 0.6 is 11.3 Å². The van der Waals surface area contributed by atoms with Crippen LogP contribution in [0.4, 0.5) is 0 Å². The number of aromatic nitrogens is 1. The molecule has 0 unspecified atom stereocenters. The van der Waals surface area contributed by atoms with Crippen molar-refractivity contribution in [2.45, 2.75) is 6.92 Å². The zero-order valence-corrected chi connectivity index (χ0v) is 8.82. The summed E-state index contributed by atoms with van der Waals surface area (Å²) >= 11 is 1.33. The van der Waals surface area contributed by atoms with Gasteiger partial charge in [-0.1, -0.05) is 5.16 Å². The number of carbonyl (C=O) groups is 1. The summed E-state index contributed by atoms with van der Waals surface area (Å²) in [7, 11) is 0. The van der Waals surface area contributed by atoms with Crippen molar-refractivity contribution in [3.63, 3.8) is 0 Å². The molecule has 0 spiro atoms. The maximum atomic E-state index is 10.8. The van der Waals surface area contributed by atoms with Crippen LogP contribution in [-0.4, -0.2) is 40.1 Å². The number of rotatable bonds is 5. The predicted molar refractivity (Wildman–Crippen MR) is 54.1 cm³/mol. The van der Waals surface area contributed by atoms with E-state index in [1.165, 1.54) is 11.3 Å². The van der Waals surface area contributed by atoms with E-state index in [-0.39, 0.29) is 24.6 Å². The number of hydrogen-bond donors (Lipinski definition) is 2. The van der Waals surface area contributed by atoms with E-state index in [1.807, 2.05) is 0 Å². The molecule has 1 rings (SSSR count). The molecule has 1 aromatic rings. The smallest absolute Gasteiger partial charge is 0.360 e. The third-order valence-corrected chi connectivity index (χ3v) is 2.18. The van der Waals surface area contributed by atoms with Crippen LogP contribution in [0, 0.1) is 6.92 Å². The summed E-state index contributed by atoms with van der Waals surface area (Å²) in [5.74, 6) is -1.21. The number of aliphatic carboxylic acids is 1. The minimum absolute atomic E-state index is 0.0418. The first-order chi connectivity index (χ1) is 7.15. The van der Waals surface area contributed by atoms with E-state index in [0.717, 1.165) is 5.01 Å². The van der Waals surface area contributed by atoms with Crippen molar-refractivity contribution in [1.29, 1.82) is 0 Å². The highest BCUT2D eigenvalue weighted by molar-refractivity contribution is 7.09. The zero-order valence-electron chi connectivity index (χ0n) is 8.01. The van der Waals surface area contributed by atoms with Gasteiger partial charge in [0, 0.05) is 5.38 Å². The second kappa shape index (κ2) is 5.42. The summed E-state index contributed by atoms with van der Waals surface area (Å²) in [5.41, 5.74) is 0.00994. The van der Waals surface area contributed by atoms with Crippen molar-refractivity contribution in [3.05, 3.63) is 16.1 Å². The van der Waals surface area contributed by atoms with Gasteiger partial charge in [-0.05, 0) is 6.92 Å². The Bertz CT molecular complexity index is 374. The molecule has 0 saturated carbocycles. The molecule has 82 valence electrons. The monoisotopic (exact) mass is 230 g/mol. The van der Waals surface area contributed by atoms with Crippen LogP contribution in [0.15, 0.2) is 10.5 Å². The largest absolute Gasteiger partial charge is 0.476 e. The van der Waals surface area contributed by atoms with Gasteiger partial charge in [0.15, 0.2) is 0 Å². The van der Waals surface area contributed by atoms with Crippen LogP contribution in [0.5, 0.6) is 0 Å². The molecular weight excluding hydrogens is 220 g/mol. The molecular formula is C8H10N2O4S. The van der Waals surface area contributed by atoms with Gasteiger partial charge in [-0.3, -0.25) is 0 Å². The Morgan fingerprint density at radius 3 is 2.93 bits per heavy atom. The van der Waals surface area contributed by atoms with Crippen molar-refractivity contribution in [2.75, 3.05) is 13.2 Å². The van der Waals surface area contributed by atoms with Crippen LogP contribution in [0.3, 0.4) is 0 Å². The molecule has 2 N–H and O–H groups in total. The van der Waals surface area contributed by atoms with Gasteiger partial charge in [0.05, 0.1) is 11.6 Å². The quantitative estimate of drug-likeness (QED) is 0.429. The van der Waals surface area contributed by atoms with Crippen LogP contribution in [0.2, 0.25) is 0 Å². The molecule has 0 aliphatic rings. The number of hydrogen-bond acceptors (Lipinski definition) is 6. The average Bonchev–Trinajstić information content (AvgIpc) is 2.59. The summed E-state index contributed by atoms with van der Waals surface area (Å²) in [6, 6.07) is 0. The number of carboxylic acids is 1. The minimum Gasteiger partial charge on any atom is -0.476 e. The molecule has 0 saturated heterocycles. The third-order valence-electron chi connectivity index (χ3n) is 1.40. The van der Waals surface area contributed by atoms with Crippen molar-refractivity contribution in [1.82, 2.24) is 4.98 Å². The van der Waals surface area contributed by atoms with E-state index in [2.05, 4.69) is 15.0 Å². The van der Waals surface area contributed by atoms with E-state index < -0.39 is 5.97 Å². The highest BCUT2D eigenvalue weighted by Gasteiger charge is 2.16. The number of nitrogens with zero attached hydrogens (tertiary/aromatic N) is 2. The van der Waals surface area contributed by atoms with Crippen LogP contribution in [-0.2, 0) is 9.63 Å². The molecule has 15 heavy (non-hydrogen) atoms. The molecule has 0 fully saturated rings. The zero-order chi connectivity index (χ0) is 11.3. The lowest BCUT2D eigenvalue weighted by molar-refractivity contribution is -0.129. The summed E-state index contributed by atoms with van der Waals surface area (Å²) in [6.07, 6.45) is 0. The van der Waals surface area contributed by atoms with E-state index in [0.29, 0.717) is 0 Å². The number of thiazole rings is 1. The molecule has 6 nitrogen and oxygen atoms in total. The molecule has 0 radical (unpaired) electrons. The third kappa shape index (κ3) is 3.30. The minimum atomic E-state index is -1.21. The topological polar surface area (TPSA) is 92.0 Å². The van der Waals surface area contributed by atoms with E-state index >= 15 is 0 Å². The lowest BCUT2D eigenvalue weighted by Gasteiger charge is -1.98. The van der Waals surface area contributed by atoms with Crippen LogP contribution in [0.25, 0.3) is 0 Å². The fraction of sp³-hybridized carbons (Fsp3) is 0.375. The Hall–Kier alpha value is -1.47. The molecule has 0 amide bonds. The lowest BCUT2D eigenvalue weighted by Crippen LogP contribution is -2.16. The summed E-state index contributed by atoms with van der Waals surface area (Å²) in [6.45, 7) is 1.51. The Kier molecular flexibility index (Phi) is 4.19. The standard InChI is InChI=1S/C8H10N2O4S/c1-5-9-6(4-15-5)7(8(12)13)10-14-3-2-11/h4,11H,2-3H2,1H3,(H,12,13)/b10-7-. The lowest BCUT2D eigenvalue weighted by atomic mass is 10.3. The maximum absolute atomic E-state index is 10.8. The normalized spacial score (nSPS) is 11.5. The number of oxime groups is 1. The molecule has 1 aromatic heterocycles. The van der Waals surface area contributed by atoms with Gasteiger partial charge < -0.3 is 15.1 Å². The second-order valence-electron chi connectivity index (χ2n) is 2.55. The predicted octanol–water partition coefficient (Wildman–Crippen LogP) is 0.249. The van der Waals surface area contributed by atoms with E-state index in [4.69, 9.17) is 10.2 Å². The number of carboxylic acid groups (broad SMARTS) is 1. The second-order valence-corrected chi connectivity index (χ2v) is 3.62. The van der Waals surface area contributed by atoms with Gasteiger partial charge in [-0.25, -0.2) is 9.78 Å². The number of aryl methyl sites for hydroxylation is 1. The summed E-state index contributed by atoms with van der Waals surface area (Å²) < 4.78 is 0. The molecule has 0 aromatic carbocycles. The Morgan fingerprint density at radius 2 is 2.47 bits per heavy atom. The highest BCUT2D eigenvalue weighted by Crippen LogP contribution is 2.09. The van der Waals surface area contributed by atoms with Crippen molar-refractivity contribution in [3.8, 4) is 0 Å². The fourth-order valence-corrected chi connectivity index (χ4v) is 1.42. The molecule has 0 aliphatic carbocycles. The number of aliphatic hydroxyl groups is 1. The van der Waals surface area contributed by atoms with Crippen molar-refractivity contribution >= 4 is 23.0 Å². The van der Waals surface area contributed by atoms with Gasteiger partial charge in [0.2, 0.25) is 5.71 Å². The van der Waals surface area contributed by atoms with Gasteiger partial charge in [-0.15, -0.1) is 11.3 Å². The van der Waals surface area contributed by atoms with Crippen molar-refractivity contribution in [2.24, 2.45) is 5.16 Å². The molecule has 0 atom stereocenters. The van der Waals surface area contributed by atoms with Crippen LogP contribution < -0.4 is 0 Å². The first-order valence-electron chi connectivity index (χ1n) is 4.11. The first-order valence-corrected chi connectivity index (χ1v) is 4.99. The molecule has 7 heteroatoms. The fourth-order valence-electron chi connectivity index (χ4n) is 0.819. The van der Waals surface area contributed by atoms with Gasteiger partial charge >= 0.3 is 5.97 Å². The molecule has 1 heterocycles. The average molecular weight is 230 g/mol. The summed E-state index contributed by atoms with van der Waals surface area (Å²) in [5, 5.41) is 23.0. The van der Waals surface area contributed by atoms with E-state index in [9.17, 15) is 4.79 Å². The Balaban J connectivity index is 2.83. The van der Waals surface area contributed by atoms with Gasteiger partial charge in [0.25, 0.3) is 0 Å². The SMILES string of the molecule is Cc1nc(/C(=N/OCCO)C(=O)O)cs1. The highest BCUT2D eigenvalue weighted by atomic mass is 32.1. The van der Waals surface area contributed by atoms with Crippen molar-refractivity contribution < 1.29 is 19.8 Å². The first kappa shape index (κ1) is 11.6. The molecule has 0 bridgehead atoms. The van der Waals surface area contributed by atoms with E-state index in [1.54, 1.807) is 12.3 Å². The van der Waals surface area contributed by atoms with Gasteiger partial charge in [0.1, 0.15) is 12.3 Å². The van der Waals surface area contributed by atoms with Crippen LogP contribution in [0.1, 0.15) is 10.7 Å².